The van der Waals surface area contributed by atoms with Crippen molar-refractivity contribution in [1.29, 1.82) is 0 Å². The van der Waals surface area contributed by atoms with Crippen LogP contribution in [0.5, 0.6) is 0 Å². The molecule has 5 heterocycles. The Labute approximate surface area is 181 Å². The van der Waals surface area contributed by atoms with Crippen molar-refractivity contribution in [3.8, 4) is 11.5 Å². The maximum Gasteiger partial charge on any atom is 0.161 e. The summed E-state index contributed by atoms with van der Waals surface area (Å²) in [5.74, 6) is 1.28. The molecule has 2 saturated heterocycles. The number of rotatable bonds is 3. The van der Waals surface area contributed by atoms with Gasteiger partial charge in [0.05, 0.1) is 16.7 Å². The van der Waals surface area contributed by atoms with Crippen molar-refractivity contribution in [2.75, 3.05) is 51.2 Å². The van der Waals surface area contributed by atoms with Crippen molar-refractivity contribution in [2.45, 2.75) is 18.8 Å². The minimum atomic E-state index is 0.507. The number of para-hydroxylation sites is 1. The molecule has 31 heavy (non-hydrogen) atoms. The highest BCUT2D eigenvalue weighted by atomic mass is 15.3. The Kier molecular flexibility index (Phi) is 4.61. The lowest BCUT2D eigenvalue weighted by molar-refractivity contribution is 0.313. The summed E-state index contributed by atoms with van der Waals surface area (Å²) in [6, 6.07) is 10.6. The van der Waals surface area contributed by atoms with Gasteiger partial charge in [-0.2, -0.15) is 5.10 Å². The van der Waals surface area contributed by atoms with Crippen LogP contribution in [0.25, 0.3) is 33.6 Å². The number of piperazine rings is 1. The number of nitrogens with zero attached hydrogens (tertiary/aromatic N) is 5. The van der Waals surface area contributed by atoms with Gasteiger partial charge in [0.15, 0.2) is 11.5 Å². The molecule has 0 bridgehead atoms. The highest BCUT2D eigenvalue weighted by Gasteiger charge is 2.22. The van der Waals surface area contributed by atoms with Crippen molar-refractivity contribution < 1.29 is 0 Å². The predicted octanol–water partition coefficient (Wildman–Crippen LogP) is 2.72. The molecule has 3 aromatic heterocycles. The number of likely N-dealkylation sites (N-methyl/N-ethyl adjacent to an activating group) is 1. The zero-order valence-electron chi connectivity index (χ0n) is 17.9. The normalized spacial score (nSPS) is 18.9. The summed E-state index contributed by atoms with van der Waals surface area (Å²) in [6.45, 7) is 6.29. The predicted molar refractivity (Wildman–Crippen MR) is 124 cm³/mol. The maximum absolute atomic E-state index is 5.03. The lowest BCUT2D eigenvalue weighted by Crippen LogP contribution is -2.44. The zero-order valence-corrected chi connectivity index (χ0v) is 17.9. The molecule has 8 nitrogen and oxygen atoms in total. The van der Waals surface area contributed by atoms with Crippen LogP contribution in [0.2, 0.25) is 0 Å². The molecule has 0 saturated carbocycles. The van der Waals surface area contributed by atoms with E-state index in [1.54, 1.807) is 0 Å². The third-order valence-electron chi connectivity index (χ3n) is 6.75. The van der Waals surface area contributed by atoms with Gasteiger partial charge < -0.3 is 20.1 Å². The first-order valence-corrected chi connectivity index (χ1v) is 11.2. The van der Waals surface area contributed by atoms with Gasteiger partial charge >= 0.3 is 0 Å². The number of imidazole rings is 1. The molecule has 0 unspecified atom stereocenters. The number of fused-ring (bicyclic) bond motifs is 2. The van der Waals surface area contributed by atoms with E-state index < -0.39 is 0 Å². The van der Waals surface area contributed by atoms with Crippen molar-refractivity contribution in [1.82, 2.24) is 35.4 Å². The van der Waals surface area contributed by atoms with E-state index in [-0.39, 0.29) is 0 Å². The van der Waals surface area contributed by atoms with E-state index in [2.05, 4.69) is 67.7 Å². The number of hydrogen-bond donors (Lipinski definition) is 3. The van der Waals surface area contributed by atoms with Gasteiger partial charge in [0.2, 0.25) is 0 Å². The Morgan fingerprint density at radius 3 is 2.58 bits per heavy atom. The number of anilines is 1. The van der Waals surface area contributed by atoms with Gasteiger partial charge in [-0.05, 0) is 57.2 Å². The Morgan fingerprint density at radius 2 is 1.74 bits per heavy atom. The van der Waals surface area contributed by atoms with Crippen LogP contribution in [0.3, 0.4) is 0 Å². The molecule has 0 radical (unpaired) electrons. The van der Waals surface area contributed by atoms with Gasteiger partial charge in [0.1, 0.15) is 11.0 Å². The summed E-state index contributed by atoms with van der Waals surface area (Å²) in [7, 11) is 2.18. The standard InChI is InChI=1S/C23H28N8/c1-30-11-13-31(14-12-30)19-4-2-3-17-20(19)27-23(26-17)22-21-18(28-29-22)6-5-16(25-21)15-7-9-24-10-8-15/h2-6,15,24H,7-14H2,1H3,(H,26,27)(H,28,29). The second-order valence-electron chi connectivity index (χ2n) is 8.78. The SMILES string of the molecule is CN1CCN(c2cccc3[nH]c(-c4n[nH]c5ccc(C6CCNCC6)nc45)nc23)CC1. The zero-order chi connectivity index (χ0) is 20.8. The van der Waals surface area contributed by atoms with Crippen LogP contribution in [0.15, 0.2) is 30.3 Å². The molecule has 1 aromatic carbocycles. The summed E-state index contributed by atoms with van der Waals surface area (Å²) in [6.07, 6.45) is 2.26. The average Bonchev–Trinajstić information content (AvgIpc) is 3.43. The molecule has 2 aliphatic heterocycles. The van der Waals surface area contributed by atoms with Gasteiger partial charge in [-0.25, -0.2) is 9.97 Å². The summed E-state index contributed by atoms with van der Waals surface area (Å²) in [5.41, 5.74) is 7.04. The molecule has 160 valence electrons. The fourth-order valence-corrected chi connectivity index (χ4v) is 4.86. The lowest BCUT2D eigenvalue weighted by atomic mass is 9.94. The van der Waals surface area contributed by atoms with Crippen molar-refractivity contribution in [3.05, 3.63) is 36.0 Å². The Hall–Kier alpha value is -2.97. The molecule has 0 aliphatic carbocycles. The molecule has 8 heteroatoms. The molecule has 3 N–H and O–H groups in total. The second-order valence-corrected chi connectivity index (χ2v) is 8.78. The third kappa shape index (κ3) is 3.36. The number of benzene rings is 1. The fourth-order valence-electron chi connectivity index (χ4n) is 4.86. The van der Waals surface area contributed by atoms with E-state index in [9.17, 15) is 0 Å². The summed E-state index contributed by atoms with van der Waals surface area (Å²) in [5, 5.41) is 11.2. The highest BCUT2D eigenvalue weighted by molar-refractivity contribution is 5.94. The molecule has 2 aliphatic rings. The minimum absolute atomic E-state index is 0.507. The van der Waals surface area contributed by atoms with Gasteiger partial charge in [-0.1, -0.05) is 6.07 Å². The number of aromatic nitrogens is 5. The first kappa shape index (κ1) is 18.8. The largest absolute Gasteiger partial charge is 0.367 e. The van der Waals surface area contributed by atoms with Crippen LogP contribution in [0.1, 0.15) is 24.5 Å². The van der Waals surface area contributed by atoms with Gasteiger partial charge in [0, 0.05) is 37.8 Å². The van der Waals surface area contributed by atoms with E-state index in [0.29, 0.717) is 5.92 Å². The monoisotopic (exact) mass is 416 g/mol. The van der Waals surface area contributed by atoms with E-state index in [4.69, 9.17) is 9.97 Å². The summed E-state index contributed by atoms with van der Waals surface area (Å²) < 4.78 is 0. The topological polar surface area (TPSA) is 88.8 Å². The quantitative estimate of drug-likeness (QED) is 0.476. The molecule has 2 fully saturated rings. The van der Waals surface area contributed by atoms with Crippen LogP contribution < -0.4 is 10.2 Å². The first-order valence-electron chi connectivity index (χ1n) is 11.2. The molecule has 4 aromatic rings. The molecule has 0 spiro atoms. The third-order valence-corrected chi connectivity index (χ3v) is 6.75. The number of H-pyrrole nitrogens is 2. The summed E-state index contributed by atoms with van der Waals surface area (Å²) in [4.78, 5) is 18.3. The van der Waals surface area contributed by atoms with E-state index in [0.717, 1.165) is 91.4 Å². The average molecular weight is 417 g/mol. The second kappa shape index (κ2) is 7.62. The Balaban J connectivity index is 1.40. The van der Waals surface area contributed by atoms with Crippen molar-refractivity contribution in [3.63, 3.8) is 0 Å². The first-order chi connectivity index (χ1) is 15.3. The number of pyridine rings is 1. The van der Waals surface area contributed by atoms with E-state index in [1.807, 2.05) is 0 Å². The van der Waals surface area contributed by atoms with Crippen LogP contribution >= 0.6 is 0 Å². The fraction of sp³-hybridized carbons (Fsp3) is 0.435. The lowest BCUT2D eigenvalue weighted by Gasteiger charge is -2.34. The number of hydrogen-bond acceptors (Lipinski definition) is 6. The van der Waals surface area contributed by atoms with Crippen LogP contribution in [0, 0.1) is 0 Å². The Bertz CT molecular complexity index is 1210. The minimum Gasteiger partial charge on any atom is -0.367 e. The number of nitrogens with one attached hydrogen (secondary N) is 3. The molecular formula is C23H28N8. The van der Waals surface area contributed by atoms with Crippen LogP contribution in [0.4, 0.5) is 5.69 Å². The molecular weight excluding hydrogens is 388 g/mol. The molecule has 0 atom stereocenters. The molecule has 0 amide bonds. The van der Waals surface area contributed by atoms with Crippen molar-refractivity contribution >= 4 is 27.8 Å². The van der Waals surface area contributed by atoms with Gasteiger partial charge in [-0.3, -0.25) is 5.10 Å². The summed E-state index contributed by atoms with van der Waals surface area (Å²) >= 11 is 0. The Morgan fingerprint density at radius 1 is 0.903 bits per heavy atom. The maximum atomic E-state index is 5.03. The molecule has 6 rings (SSSR count). The smallest absolute Gasteiger partial charge is 0.161 e. The van der Waals surface area contributed by atoms with Gasteiger partial charge in [0.25, 0.3) is 0 Å². The number of piperidine rings is 1. The number of aromatic amines is 2. The highest BCUT2D eigenvalue weighted by Crippen LogP contribution is 2.32. The van der Waals surface area contributed by atoms with Gasteiger partial charge in [-0.15, -0.1) is 0 Å². The van der Waals surface area contributed by atoms with Crippen LogP contribution in [-0.2, 0) is 0 Å². The van der Waals surface area contributed by atoms with Crippen molar-refractivity contribution in [2.24, 2.45) is 0 Å². The van der Waals surface area contributed by atoms with Crippen LogP contribution in [-0.4, -0.2) is 76.4 Å². The van der Waals surface area contributed by atoms with E-state index in [1.165, 1.54) is 5.69 Å². The van der Waals surface area contributed by atoms with E-state index >= 15 is 0 Å².